The normalized spacial score (nSPS) is 11.3. The molecule has 1 N–H and O–H groups in total. The predicted molar refractivity (Wildman–Crippen MR) is 127 cm³/mol. The molecule has 0 aliphatic carbocycles. The molecular formula is C22H23BrCl2N2O4. The van der Waals surface area contributed by atoms with Gasteiger partial charge in [-0.05, 0) is 63.0 Å². The smallest absolute Gasteiger partial charge is 0.231 e. The van der Waals surface area contributed by atoms with E-state index < -0.39 is 0 Å². The summed E-state index contributed by atoms with van der Waals surface area (Å²) in [5.74, 6) is 2.85. The zero-order valence-corrected chi connectivity index (χ0v) is 20.0. The lowest BCUT2D eigenvalue weighted by atomic mass is 10.2. The number of benzene rings is 2. The minimum absolute atomic E-state index is 0. The topological polar surface area (TPSA) is 61.8 Å². The molecule has 166 valence electrons. The number of ether oxygens (including phenoxy) is 4. The fraction of sp³-hybridized carbons (Fsp3) is 0.227. The fourth-order valence-corrected chi connectivity index (χ4v) is 3.66. The Bertz CT molecular complexity index is 993. The van der Waals surface area contributed by atoms with E-state index in [4.69, 9.17) is 18.9 Å². The van der Waals surface area contributed by atoms with Crippen molar-refractivity contribution in [2.75, 3.05) is 13.9 Å². The van der Waals surface area contributed by atoms with Gasteiger partial charge in [-0.25, -0.2) is 0 Å². The number of nitrogens with one attached hydrogen (secondary N) is 1. The van der Waals surface area contributed by atoms with Crippen LogP contribution >= 0.6 is 40.7 Å². The van der Waals surface area contributed by atoms with Crippen LogP contribution in [0.2, 0.25) is 0 Å². The predicted octanol–water partition coefficient (Wildman–Crippen LogP) is 5.29. The summed E-state index contributed by atoms with van der Waals surface area (Å²) in [6.07, 6.45) is 3.63. The molecule has 0 atom stereocenters. The molecule has 31 heavy (non-hydrogen) atoms. The van der Waals surface area contributed by atoms with Gasteiger partial charge in [0.15, 0.2) is 23.0 Å². The van der Waals surface area contributed by atoms with Crippen LogP contribution in [0.5, 0.6) is 23.0 Å². The Morgan fingerprint density at radius 3 is 2.58 bits per heavy atom. The van der Waals surface area contributed by atoms with Crippen molar-refractivity contribution in [3.05, 3.63) is 76.0 Å². The molecule has 4 rings (SSSR count). The van der Waals surface area contributed by atoms with Crippen molar-refractivity contribution in [2.45, 2.75) is 19.7 Å². The van der Waals surface area contributed by atoms with E-state index in [2.05, 4.69) is 26.2 Å². The Labute approximate surface area is 202 Å². The molecule has 0 radical (unpaired) electrons. The van der Waals surface area contributed by atoms with Crippen LogP contribution in [-0.4, -0.2) is 18.9 Å². The van der Waals surface area contributed by atoms with Crippen molar-refractivity contribution in [1.29, 1.82) is 0 Å². The van der Waals surface area contributed by atoms with Crippen molar-refractivity contribution in [2.24, 2.45) is 0 Å². The number of aromatic nitrogens is 1. The Kier molecular flexibility index (Phi) is 9.71. The lowest BCUT2D eigenvalue weighted by molar-refractivity contribution is 0.174. The van der Waals surface area contributed by atoms with E-state index in [9.17, 15) is 0 Å². The molecule has 2 aromatic carbocycles. The van der Waals surface area contributed by atoms with Gasteiger partial charge in [0.1, 0.15) is 6.61 Å². The number of methoxy groups -OCH3 is 1. The monoisotopic (exact) mass is 528 g/mol. The minimum Gasteiger partial charge on any atom is -0.493 e. The molecule has 0 spiro atoms. The summed E-state index contributed by atoms with van der Waals surface area (Å²) in [4.78, 5) is 4.13. The Hall–Kier alpha value is -2.19. The second-order valence-electron chi connectivity index (χ2n) is 6.55. The van der Waals surface area contributed by atoms with Crippen LogP contribution < -0.4 is 24.3 Å². The maximum atomic E-state index is 6.04. The van der Waals surface area contributed by atoms with Crippen molar-refractivity contribution in [3.8, 4) is 23.0 Å². The first-order chi connectivity index (χ1) is 14.2. The van der Waals surface area contributed by atoms with Gasteiger partial charge in [0.2, 0.25) is 6.79 Å². The summed E-state index contributed by atoms with van der Waals surface area (Å²) < 4.78 is 23.2. The molecule has 1 aliphatic heterocycles. The first-order valence-electron chi connectivity index (χ1n) is 9.20. The van der Waals surface area contributed by atoms with Crippen LogP contribution in [0.15, 0.2) is 59.3 Å². The number of halogens is 3. The van der Waals surface area contributed by atoms with E-state index in [0.29, 0.717) is 24.7 Å². The van der Waals surface area contributed by atoms with E-state index in [0.717, 1.165) is 39.2 Å². The summed E-state index contributed by atoms with van der Waals surface area (Å²) in [6, 6.07) is 13.8. The number of nitrogens with zero attached hydrogens (tertiary/aromatic N) is 1. The molecule has 0 saturated heterocycles. The van der Waals surface area contributed by atoms with Crippen LogP contribution in [0, 0.1) is 0 Å². The number of pyridine rings is 1. The van der Waals surface area contributed by atoms with Gasteiger partial charge < -0.3 is 24.3 Å². The molecule has 1 aliphatic rings. The molecular weight excluding hydrogens is 507 g/mol. The molecule has 0 unspecified atom stereocenters. The molecule has 6 nitrogen and oxygen atoms in total. The first kappa shape index (κ1) is 25.1. The second kappa shape index (κ2) is 12.0. The van der Waals surface area contributed by atoms with Gasteiger partial charge in [0.25, 0.3) is 0 Å². The highest BCUT2D eigenvalue weighted by molar-refractivity contribution is 9.10. The SMILES string of the molecule is COc1cc(CNCc2cccnc2)cc(Br)c1OCc1ccc2c(c1)OCO2.Cl.Cl. The first-order valence-corrected chi connectivity index (χ1v) is 9.99. The number of fused-ring (bicyclic) bond motifs is 1. The number of rotatable bonds is 8. The van der Waals surface area contributed by atoms with E-state index in [1.165, 1.54) is 0 Å². The lowest BCUT2D eigenvalue weighted by Crippen LogP contribution is -2.13. The minimum atomic E-state index is 0. The Balaban J connectivity index is 0.00000171. The molecule has 9 heteroatoms. The van der Waals surface area contributed by atoms with E-state index in [-0.39, 0.29) is 31.6 Å². The quantitative estimate of drug-likeness (QED) is 0.427. The third kappa shape index (κ3) is 6.40. The largest absolute Gasteiger partial charge is 0.493 e. The molecule has 0 bridgehead atoms. The number of hydrogen-bond acceptors (Lipinski definition) is 6. The van der Waals surface area contributed by atoms with Gasteiger partial charge in [0.05, 0.1) is 11.6 Å². The maximum absolute atomic E-state index is 6.04. The lowest BCUT2D eigenvalue weighted by Gasteiger charge is -2.15. The third-order valence-electron chi connectivity index (χ3n) is 4.49. The van der Waals surface area contributed by atoms with Crippen molar-refractivity contribution in [3.63, 3.8) is 0 Å². The van der Waals surface area contributed by atoms with Gasteiger partial charge in [-0.1, -0.05) is 12.1 Å². The standard InChI is InChI=1S/C22H21BrN2O4.2ClH/c1-26-21-9-17(12-25-11-16-3-2-6-24-10-16)7-18(23)22(21)27-13-15-4-5-19-20(8-15)29-14-28-19;;/h2-10,25H,11-14H2,1H3;2*1H. The van der Waals surface area contributed by atoms with Gasteiger partial charge >= 0.3 is 0 Å². The maximum Gasteiger partial charge on any atom is 0.231 e. The highest BCUT2D eigenvalue weighted by Gasteiger charge is 2.15. The summed E-state index contributed by atoms with van der Waals surface area (Å²) in [7, 11) is 1.64. The summed E-state index contributed by atoms with van der Waals surface area (Å²) in [6.45, 7) is 2.10. The van der Waals surface area contributed by atoms with Crippen LogP contribution in [0.25, 0.3) is 0 Å². The Morgan fingerprint density at radius 1 is 1.00 bits per heavy atom. The van der Waals surface area contributed by atoms with E-state index in [1.54, 1.807) is 13.3 Å². The van der Waals surface area contributed by atoms with Crippen LogP contribution in [0.4, 0.5) is 0 Å². The van der Waals surface area contributed by atoms with Crippen molar-refractivity contribution in [1.82, 2.24) is 10.3 Å². The number of hydrogen-bond donors (Lipinski definition) is 1. The molecule has 1 aromatic heterocycles. The van der Waals surface area contributed by atoms with Gasteiger partial charge in [-0.15, -0.1) is 24.8 Å². The molecule has 0 fully saturated rings. The third-order valence-corrected chi connectivity index (χ3v) is 5.08. The van der Waals surface area contributed by atoms with Crippen LogP contribution in [0.1, 0.15) is 16.7 Å². The zero-order valence-electron chi connectivity index (χ0n) is 16.8. The van der Waals surface area contributed by atoms with Gasteiger partial charge in [0, 0.05) is 25.5 Å². The average molecular weight is 530 g/mol. The fourth-order valence-electron chi connectivity index (χ4n) is 3.06. The second-order valence-corrected chi connectivity index (χ2v) is 7.40. The van der Waals surface area contributed by atoms with Crippen molar-refractivity contribution >= 4 is 40.7 Å². The van der Waals surface area contributed by atoms with E-state index >= 15 is 0 Å². The highest BCUT2D eigenvalue weighted by Crippen LogP contribution is 2.38. The summed E-state index contributed by atoms with van der Waals surface area (Å²) >= 11 is 3.61. The highest BCUT2D eigenvalue weighted by atomic mass is 79.9. The van der Waals surface area contributed by atoms with Gasteiger partial charge in [-0.3, -0.25) is 4.98 Å². The van der Waals surface area contributed by atoms with E-state index in [1.807, 2.05) is 48.7 Å². The summed E-state index contributed by atoms with van der Waals surface area (Å²) in [5.41, 5.74) is 3.22. The summed E-state index contributed by atoms with van der Waals surface area (Å²) in [5, 5.41) is 3.41. The Morgan fingerprint density at radius 2 is 1.81 bits per heavy atom. The zero-order chi connectivity index (χ0) is 20.1. The molecule has 0 saturated carbocycles. The molecule has 2 heterocycles. The molecule has 0 amide bonds. The van der Waals surface area contributed by atoms with Crippen molar-refractivity contribution < 1.29 is 18.9 Å². The average Bonchev–Trinajstić information content (AvgIpc) is 3.21. The van der Waals surface area contributed by atoms with Crippen LogP contribution in [-0.2, 0) is 19.7 Å². The van der Waals surface area contributed by atoms with Crippen LogP contribution in [0.3, 0.4) is 0 Å². The van der Waals surface area contributed by atoms with Gasteiger partial charge in [-0.2, -0.15) is 0 Å². The molecule has 3 aromatic rings.